The van der Waals surface area contributed by atoms with E-state index in [0.717, 1.165) is 12.0 Å². The van der Waals surface area contributed by atoms with Crippen LogP contribution in [0.25, 0.3) is 0 Å². The van der Waals surface area contributed by atoms with Gasteiger partial charge in [0.25, 0.3) is 5.91 Å². The van der Waals surface area contributed by atoms with Crippen LogP contribution in [0, 0.1) is 6.92 Å². The molecule has 3 rings (SSSR count). The van der Waals surface area contributed by atoms with E-state index in [0.29, 0.717) is 29.3 Å². The van der Waals surface area contributed by atoms with Crippen molar-refractivity contribution in [2.45, 2.75) is 20.3 Å². The first kappa shape index (κ1) is 20.1. The molecule has 2 amide bonds. The summed E-state index contributed by atoms with van der Waals surface area (Å²) in [6.07, 6.45) is 0.759. The molecule has 148 valence electrons. The molecule has 0 atom stereocenters. The Hall–Kier alpha value is -3.60. The van der Waals surface area contributed by atoms with Crippen molar-refractivity contribution < 1.29 is 14.3 Å². The molecule has 0 aromatic heterocycles. The molecule has 0 spiro atoms. The minimum Gasteiger partial charge on any atom is -0.492 e. The number of benzene rings is 3. The summed E-state index contributed by atoms with van der Waals surface area (Å²) >= 11 is 0. The van der Waals surface area contributed by atoms with Crippen LogP contribution in [0.1, 0.15) is 28.4 Å². The summed E-state index contributed by atoms with van der Waals surface area (Å²) in [5.41, 5.74) is 3.83. The smallest absolute Gasteiger partial charge is 0.259 e. The topological polar surface area (TPSA) is 67.4 Å². The molecule has 5 heteroatoms. The zero-order valence-corrected chi connectivity index (χ0v) is 16.6. The number of carbonyl (C=O) groups excluding carboxylic acids is 2. The summed E-state index contributed by atoms with van der Waals surface area (Å²) in [5, 5.41) is 5.64. The minimum absolute atomic E-state index is 0.159. The van der Waals surface area contributed by atoms with Gasteiger partial charge in [-0.2, -0.15) is 0 Å². The van der Waals surface area contributed by atoms with Gasteiger partial charge in [-0.05, 0) is 42.3 Å². The van der Waals surface area contributed by atoms with Crippen LogP contribution in [-0.2, 0) is 11.2 Å². The van der Waals surface area contributed by atoms with Crippen LogP contribution in [0.2, 0.25) is 0 Å². The fraction of sp³-hybridized carbons (Fsp3) is 0.167. The Balaban J connectivity index is 1.69. The second-order valence-electron chi connectivity index (χ2n) is 6.75. The van der Waals surface area contributed by atoms with Gasteiger partial charge in [0.15, 0.2) is 0 Å². The van der Waals surface area contributed by atoms with Crippen molar-refractivity contribution in [3.8, 4) is 5.75 Å². The van der Waals surface area contributed by atoms with Gasteiger partial charge >= 0.3 is 0 Å². The normalized spacial score (nSPS) is 10.3. The molecule has 0 radical (unpaired) electrons. The Morgan fingerprint density at radius 2 is 1.62 bits per heavy atom. The van der Waals surface area contributed by atoms with Gasteiger partial charge in [-0.1, -0.05) is 48.5 Å². The fourth-order valence-electron chi connectivity index (χ4n) is 2.93. The highest BCUT2D eigenvalue weighted by Gasteiger charge is 2.13. The third kappa shape index (κ3) is 5.69. The van der Waals surface area contributed by atoms with Gasteiger partial charge in [0.2, 0.25) is 5.91 Å². The largest absolute Gasteiger partial charge is 0.492 e. The monoisotopic (exact) mass is 388 g/mol. The number of carbonyl (C=O) groups is 2. The van der Waals surface area contributed by atoms with Crippen LogP contribution >= 0.6 is 0 Å². The van der Waals surface area contributed by atoms with Crippen molar-refractivity contribution in [1.29, 1.82) is 0 Å². The maximum absolute atomic E-state index is 12.8. The average molecular weight is 388 g/mol. The van der Waals surface area contributed by atoms with E-state index >= 15 is 0 Å². The van der Waals surface area contributed by atoms with Gasteiger partial charge < -0.3 is 15.4 Å². The molecule has 0 fully saturated rings. The van der Waals surface area contributed by atoms with Crippen molar-refractivity contribution in [1.82, 2.24) is 0 Å². The predicted octanol–water partition coefficient (Wildman–Crippen LogP) is 4.83. The van der Waals surface area contributed by atoms with E-state index in [9.17, 15) is 9.59 Å². The summed E-state index contributed by atoms with van der Waals surface area (Å²) in [5.74, 6) is 0.113. The zero-order valence-electron chi connectivity index (χ0n) is 16.6. The summed E-state index contributed by atoms with van der Waals surface area (Å²) < 4.78 is 5.88. The molecule has 0 aliphatic rings. The Bertz CT molecular complexity index is 1000. The van der Waals surface area contributed by atoms with Crippen LogP contribution in [-0.4, -0.2) is 18.4 Å². The lowest BCUT2D eigenvalue weighted by Gasteiger charge is -2.13. The highest BCUT2D eigenvalue weighted by molar-refractivity contribution is 6.06. The average Bonchev–Trinajstić information content (AvgIpc) is 2.71. The first-order chi connectivity index (χ1) is 14.0. The number of nitrogens with one attached hydrogen (secondary N) is 2. The van der Waals surface area contributed by atoms with E-state index < -0.39 is 0 Å². The number of hydrogen-bond donors (Lipinski definition) is 2. The van der Waals surface area contributed by atoms with Crippen molar-refractivity contribution in [3.63, 3.8) is 0 Å². The lowest BCUT2D eigenvalue weighted by molar-refractivity contribution is -0.114. The number of aryl methyl sites for hydroxylation is 1. The molecule has 2 N–H and O–H groups in total. The molecule has 0 saturated heterocycles. The zero-order chi connectivity index (χ0) is 20.6. The Kier molecular flexibility index (Phi) is 6.63. The van der Waals surface area contributed by atoms with Crippen molar-refractivity contribution >= 4 is 23.2 Å². The number of para-hydroxylation sites is 1. The highest BCUT2D eigenvalue weighted by Crippen LogP contribution is 2.23. The summed E-state index contributed by atoms with van der Waals surface area (Å²) in [6.45, 7) is 3.83. The first-order valence-corrected chi connectivity index (χ1v) is 9.48. The van der Waals surface area contributed by atoms with Gasteiger partial charge in [-0.25, -0.2) is 0 Å². The molecule has 0 bridgehead atoms. The highest BCUT2D eigenvalue weighted by atomic mass is 16.5. The van der Waals surface area contributed by atoms with Gasteiger partial charge in [0, 0.05) is 24.7 Å². The number of hydrogen-bond acceptors (Lipinski definition) is 3. The standard InChI is InChI=1S/C24H24N2O3/c1-17-12-13-20(16-22(17)25-18(2)27)26-24(28)21-10-6-7-11-23(21)29-15-14-19-8-4-3-5-9-19/h3-13,16H,14-15H2,1-2H3,(H,25,27)(H,26,28). The number of rotatable bonds is 7. The Morgan fingerprint density at radius 3 is 2.38 bits per heavy atom. The van der Waals surface area contributed by atoms with E-state index in [1.165, 1.54) is 12.5 Å². The van der Waals surface area contributed by atoms with Gasteiger partial charge in [0.05, 0.1) is 12.2 Å². The lowest BCUT2D eigenvalue weighted by Crippen LogP contribution is -2.15. The first-order valence-electron chi connectivity index (χ1n) is 9.48. The molecular formula is C24H24N2O3. The Labute approximate surface area is 170 Å². The Morgan fingerprint density at radius 1 is 0.897 bits per heavy atom. The molecule has 0 heterocycles. The van der Waals surface area contributed by atoms with Crippen LogP contribution in [0.3, 0.4) is 0 Å². The van der Waals surface area contributed by atoms with Crippen LogP contribution in [0.4, 0.5) is 11.4 Å². The van der Waals surface area contributed by atoms with Crippen LogP contribution < -0.4 is 15.4 Å². The third-order valence-corrected chi connectivity index (χ3v) is 4.43. The number of ether oxygens (including phenoxy) is 1. The SMILES string of the molecule is CC(=O)Nc1cc(NC(=O)c2ccccc2OCCc2ccccc2)ccc1C. The minimum atomic E-state index is -0.266. The van der Waals surface area contributed by atoms with E-state index in [1.54, 1.807) is 30.3 Å². The quantitative estimate of drug-likeness (QED) is 0.609. The molecular weight excluding hydrogens is 364 g/mol. The maximum atomic E-state index is 12.8. The number of amides is 2. The molecule has 3 aromatic rings. The van der Waals surface area contributed by atoms with E-state index in [-0.39, 0.29) is 11.8 Å². The molecule has 0 aliphatic heterocycles. The van der Waals surface area contributed by atoms with Crippen molar-refractivity contribution in [2.24, 2.45) is 0 Å². The summed E-state index contributed by atoms with van der Waals surface area (Å²) in [6, 6.07) is 22.6. The summed E-state index contributed by atoms with van der Waals surface area (Å²) in [7, 11) is 0. The van der Waals surface area contributed by atoms with Crippen LogP contribution in [0.15, 0.2) is 72.8 Å². The molecule has 29 heavy (non-hydrogen) atoms. The fourth-order valence-corrected chi connectivity index (χ4v) is 2.93. The maximum Gasteiger partial charge on any atom is 0.259 e. The predicted molar refractivity (Wildman–Crippen MR) is 116 cm³/mol. The third-order valence-electron chi connectivity index (χ3n) is 4.43. The van der Waals surface area contributed by atoms with E-state index in [1.807, 2.05) is 49.4 Å². The summed E-state index contributed by atoms with van der Waals surface area (Å²) in [4.78, 5) is 24.2. The van der Waals surface area contributed by atoms with Gasteiger partial charge in [0.1, 0.15) is 5.75 Å². The van der Waals surface area contributed by atoms with E-state index in [2.05, 4.69) is 10.6 Å². The molecule has 0 aliphatic carbocycles. The van der Waals surface area contributed by atoms with Gasteiger partial charge in [-0.3, -0.25) is 9.59 Å². The van der Waals surface area contributed by atoms with Crippen LogP contribution in [0.5, 0.6) is 5.75 Å². The lowest BCUT2D eigenvalue weighted by atomic mass is 10.1. The van der Waals surface area contributed by atoms with Crippen molar-refractivity contribution in [3.05, 3.63) is 89.5 Å². The molecule has 5 nitrogen and oxygen atoms in total. The molecule has 3 aromatic carbocycles. The van der Waals surface area contributed by atoms with E-state index in [4.69, 9.17) is 4.74 Å². The van der Waals surface area contributed by atoms with Gasteiger partial charge in [-0.15, -0.1) is 0 Å². The second-order valence-corrected chi connectivity index (χ2v) is 6.75. The number of anilines is 2. The van der Waals surface area contributed by atoms with Crippen molar-refractivity contribution in [2.75, 3.05) is 17.2 Å². The molecule has 0 unspecified atom stereocenters. The second kappa shape index (κ2) is 9.55. The molecule has 0 saturated carbocycles.